The van der Waals surface area contributed by atoms with Crippen LogP contribution in [0.5, 0.6) is 11.5 Å². The molecule has 2 aliphatic heterocycles. The predicted molar refractivity (Wildman–Crippen MR) is 118 cm³/mol. The average molecular weight is 412 g/mol. The molecule has 3 aromatic rings. The summed E-state index contributed by atoms with van der Waals surface area (Å²) in [5.74, 6) is 1.40. The molecule has 0 fully saturated rings. The Bertz CT molecular complexity index is 1110. The Morgan fingerprint density at radius 3 is 2.13 bits per heavy atom. The molecule has 0 bridgehead atoms. The van der Waals surface area contributed by atoms with Crippen LogP contribution >= 0.6 is 0 Å². The van der Waals surface area contributed by atoms with E-state index in [0.717, 1.165) is 34.6 Å². The van der Waals surface area contributed by atoms with Crippen LogP contribution < -0.4 is 10.1 Å². The number of fused-ring (bicyclic) bond motifs is 3. The zero-order valence-electron chi connectivity index (χ0n) is 17.4. The van der Waals surface area contributed by atoms with E-state index in [-0.39, 0.29) is 30.3 Å². The summed E-state index contributed by atoms with van der Waals surface area (Å²) in [6.07, 6.45) is 1.03. The summed E-state index contributed by atoms with van der Waals surface area (Å²) in [5, 5.41) is 3.21. The van der Waals surface area contributed by atoms with Gasteiger partial charge in [-0.1, -0.05) is 60.7 Å². The van der Waals surface area contributed by atoms with Crippen LogP contribution in [-0.2, 0) is 16.0 Å². The van der Waals surface area contributed by atoms with Crippen molar-refractivity contribution in [3.63, 3.8) is 0 Å². The number of nitrogens with one attached hydrogen (secondary N) is 1. The third kappa shape index (κ3) is 3.56. The second-order valence-corrected chi connectivity index (χ2v) is 8.06. The minimum Gasteiger partial charge on any atom is -0.457 e. The number of hydrogen-bond acceptors (Lipinski definition) is 3. The standard InChI is InChI=1S/C26H24N2O3/c1-17(29)28-15-14-18-8-2-3-9-19(18)22(28)16-25(30)27-26-20-10-4-6-12-23(20)31-24-13-7-5-11-21(24)26/h2-13,22,26H,14-16H2,1H3,(H,27,30). The molecule has 0 spiro atoms. The van der Waals surface area contributed by atoms with E-state index in [9.17, 15) is 9.59 Å². The molecule has 0 aromatic heterocycles. The van der Waals surface area contributed by atoms with Crippen LogP contribution in [0.2, 0.25) is 0 Å². The number of para-hydroxylation sites is 2. The van der Waals surface area contributed by atoms with Crippen molar-refractivity contribution in [2.75, 3.05) is 6.54 Å². The second kappa shape index (κ2) is 7.91. The van der Waals surface area contributed by atoms with E-state index in [1.54, 1.807) is 6.92 Å². The molecule has 1 N–H and O–H groups in total. The van der Waals surface area contributed by atoms with Gasteiger partial charge < -0.3 is 15.0 Å². The number of rotatable bonds is 3. The maximum absolute atomic E-state index is 13.3. The molecule has 1 unspecified atom stereocenters. The van der Waals surface area contributed by atoms with Crippen LogP contribution in [0.15, 0.2) is 72.8 Å². The first-order chi connectivity index (χ1) is 15.1. The Labute approximate surface area is 181 Å². The molecule has 5 rings (SSSR count). The van der Waals surface area contributed by atoms with Crippen LogP contribution in [0, 0.1) is 0 Å². The molecule has 0 aliphatic carbocycles. The molecule has 5 heteroatoms. The Morgan fingerprint density at radius 1 is 0.903 bits per heavy atom. The van der Waals surface area contributed by atoms with Crippen molar-refractivity contribution in [3.05, 3.63) is 95.1 Å². The number of nitrogens with zero attached hydrogens (tertiary/aromatic N) is 1. The predicted octanol–water partition coefficient (Wildman–Crippen LogP) is 4.53. The van der Waals surface area contributed by atoms with Crippen molar-refractivity contribution in [2.45, 2.75) is 31.8 Å². The zero-order chi connectivity index (χ0) is 21.4. The molecule has 3 aromatic carbocycles. The lowest BCUT2D eigenvalue weighted by atomic mass is 9.90. The fourth-order valence-corrected chi connectivity index (χ4v) is 4.71. The lowest BCUT2D eigenvalue weighted by molar-refractivity contribution is -0.133. The van der Waals surface area contributed by atoms with E-state index in [1.807, 2.05) is 71.6 Å². The van der Waals surface area contributed by atoms with Gasteiger partial charge in [-0.25, -0.2) is 0 Å². The maximum Gasteiger partial charge on any atom is 0.223 e. The van der Waals surface area contributed by atoms with Crippen LogP contribution in [0.3, 0.4) is 0 Å². The second-order valence-electron chi connectivity index (χ2n) is 8.06. The van der Waals surface area contributed by atoms with Gasteiger partial charge in [0.15, 0.2) is 0 Å². The zero-order valence-corrected chi connectivity index (χ0v) is 17.4. The van der Waals surface area contributed by atoms with Gasteiger partial charge in [0, 0.05) is 24.6 Å². The summed E-state index contributed by atoms with van der Waals surface area (Å²) in [4.78, 5) is 27.4. The van der Waals surface area contributed by atoms with E-state index >= 15 is 0 Å². The van der Waals surface area contributed by atoms with Crippen molar-refractivity contribution in [1.29, 1.82) is 0 Å². The van der Waals surface area contributed by atoms with E-state index in [1.165, 1.54) is 5.56 Å². The molecule has 0 radical (unpaired) electrons. The highest BCUT2D eigenvalue weighted by Gasteiger charge is 2.33. The Kier molecular flexibility index (Phi) is 4.94. The van der Waals surface area contributed by atoms with Crippen molar-refractivity contribution in [3.8, 4) is 11.5 Å². The SMILES string of the molecule is CC(=O)N1CCc2ccccc2C1CC(=O)NC1c2ccccc2Oc2ccccc21. The van der Waals surface area contributed by atoms with Gasteiger partial charge in [0.1, 0.15) is 11.5 Å². The van der Waals surface area contributed by atoms with Crippen LogP contribution in [-0.4, -0.2) is 23.3 Å². The lowest BCUT2D eigenvalue weighted by Gasteiger charge is -2.37. The van der Waals surface area contributed by atoms with E-state index in [0.29, 0.717) is 6.54 Å². The topological polar surface area (TPSA) is 58.6 Å². The number of benzene rings is 3. The maximum atomic E-state index is 13.3. The summed E-state index contributed by atoms with van der Waals surface area (Å²) in [6.45, 7) is 2.21. The van der Waals surface area contributed by atoms with Gasteiger partial charge >= 0.3 is 0 Å². The monoisotopic (exact) mass is 412 g/mol. The third-order valence-corrected chi connectivity index (χ3v) is 6.18. The first-order valence-corrected chi connectivity index (χ1v) is 10.6. The average Bonchev–Trinajstić information content (AvgIpc) is 2.79. The van der Waals surface area contributed by atoms with Gasteiger partial charge in [-0.05, 0) is 29.7 Å². The normalized spacial score (nSPS) is 17.1. The molecule has 2 aliphatic rings. The van der Waals surface area contributed by atoms with Gasteiger partial charge in [0.05, 0.1) is 18.5 Å². The summed E-state index contributed by atoms with van der Waals surface area (Å²) < 4.78 is 6.03. The molecular formula is C26H24N2O3. The van der Waals surface area contributed by atoms with Crippen LogP contribution in [0.4, 0.5) is 0 Å². The fraction of sp³-hybridized carbons (Fsp3) is 0.231. The van der Waals surface area contributed by atoms with E-state index < -0.39 is 0 Å². The summed E-state index contributed by atoms with van der Waals surface area (Å²) >= 11 is 0. The number of ether oxygens (including phenoxy) is 1. The largest absolute Gasteiger partial charge is 0.457 e. The number of hydrogen-bond donors (Lipinski definition) is 1. The molecular weight excluding hydrogens is 388 g/mol. The lowest BCUT2D eigenvalue weighted by Crippen LogP contribution is -2.42. The minimum atomic E-state index is -0.293. The van der Waals surface area contributed by atoms with Crippen molar-refractivity contribution in [2.24, 2.45) is 0 Å². The minimum absolute atomic E-state index is 0.00550. The Hall–Kier alpha value is -3.60. The third-order valence-electron chi connectivity index (χ3n) is 6.18. The molecule has 0 saturated carbocycles. The highest BCUT2D eigenvalue weighted by molar-refractivity contribution is 5.81. The summed E-state index contributed by atoms with van der Waals surface area (Å²) in [5.41, 5.74) is 4.13. The Balaban J connectivity index is 1.44. The van der Waals surface area contributed by atoms with E-state index in [2.05, 4.69) is 11.4 Å². The highest BCUT2D eigenvalue weighted by Crippen LogP contribution is 2.42. The van der Waals surface area contributed by atoms with Gasteiger partial charge in [0.2, 0.25) is 11.8 Å². The van der Waals surface area contributed by atoms with Crippen LogP contribution in [0.1, 0.15) is 47.7 Å². The van der Waals surface area contributed by atoms with E-state index in [4.69, 9.17) is 4.74 Å². The summed E-state index contributed by atoms with van der Waals surface area (Å²) in [6, 6.07) is 23.1. The smallest absolute Gasteiger partial charge is 0.223 e. The quantitative estimate of drug-likeness (QED) is 0.687. The fourth-order valence-electron chi connectivity index (χ4n) is 4.71. The molecule has 0 saturated heterocycles. The van der Waals surface area contributed by atoms with Crippen molar-refractivity contribution >= 4 is 11.8 Å². The first kappa shape index (κ1) is 19.4. The molecule has 2 amide bonds. The number of carbonyl (C=O) groups excluding carboxylic acids is 2. The number of amides is 2. The van der Waals surface area contributed by atoms with Gasteiger partial charge in [-0.2, -0.15) is 0 Å². The van der Waals surface area contributed by atoms with Gasteiger partial charge in [-0.3, -0.25) is 9.59 Å². The van der Waals surface area contributed by atoms with Crippen molar-refractivity contribution < 1.29 is 14.3 Å². The number of carbonyl (C=O) groups is 2. The molecule has 2 heterocycles. The van der Waals surface area contributed by atoms with Crippen LogP contribution in [0.25, 0.3) is 0 Å². The molecule has 156 valence electrons. The molecule has 31 heavy (non-hydrogen) atoms. The molecule has 5 nitrogen and oxygen atoms in total. The van der Waals surface area contributed by atoms with Gasteiger partial charge in [-0.15, -0.1) is 0 Å². The Morgan fingerprint density at radius 2 is 1.48 bits per heavy atom. The van der Waals surface area contributed by atoms with Gasteiger partial charge in [0.25, 0.3) is 0 Å². The molecule has 1 atom stereocenters. The highest BCUT2D eigenvalue weighted by atomic mass is 16.5. The summed E-state index contributed by atoms with van der Waals surface area (Å²) in [7, 11) is 0. The van der Waals surface area contributed by atoms with Crippen molar-refractivity contribution in [1.82, 2.24) is 10.2 Å². The first-order valence-electron chi connectivity index (χ1n) is 10.6.